The standard InChI is InChI=1S/C15H17ClN2O2/c16-12-2-1-11-3-6-18(14(11)9-12)10-15(20)17-7-4-13(19)5-8-17/h1-3,6,9,13,19H,4-5,7-8,10H2. The number of aliphatic hydroxyl groups is 1. The van der Waals surface area contributed by atoms with E-state index in [0.717, 1.165) is 10.9 Å². The van der Waals surface area contributed by atoms with Crippen molar-refractivity contribution in [3.8, 4) is 0 Å². The van der Waals surface area contributed by atoms with Gasteiger partial charge in [-0.15, -0.1) is 0 Å². The zero-order chi connectivity index (χ0) is 14.1. The molecule has 0 saturated carbocycles. The average molecular weight is 293 g/mol. The van der Waals surface area contributed by atoms with E-state index in [2.05, 4.69) is 0 Å². The maximum atomic E-state index is 12.3. The molecule has 4 nitrogen and oxygen atoms in total. The van der Waals surface area contributed by atoms with E-state index in [0.29, 0.717) is 37.5 Å². The zero-order valence-corrected chi connectivity index (χ0v) is 11.9. The van der Waals surface area contributed by atoms with Gasteiger partial charge in [0.1, 0.15) is 6.54 Å². The lowest BCUT2D eigenvalue weighted by molar-refractivity contribution is -0.133. The quantitative estimate of drug-likeness (QED) is 0.923. The number of fused-ring (bicyclic) bond motifs is 1. The molecule has 0 bridgehead atoms. The number of hydrogen-bond acceptors (Lipinski definition) is 2. The van der Waals surface area contributed by atoms with Gasteiger partial charge in [0.05, 0.1) is 6.10 Å². The molecular weight excluding hydrogens is 276 g/mol. The van der Waals surface area contributed by atoms with Crippen LogP contribution in [0.2, 0.25) is 5.02 Å². The highest BCUT2D eigenvalue weighted by Crippen LogP contribution is 2.21. The van der Waals surface area contributed by atoms with Gasteiger partial charge in [-0.1, -0.05) is 17.7 Å². The molecule has 1 N–H and O–H groups in total. The smallest absolute Gasteiger partial charge is 0.242 e. The Hall–Kier alpha value is -1.52. The van der Waals surface area contributed by atoms with Crippen LogP contribution in [-0.2, 0) is 11.3 Å². The van der Waals surface area contributed by atoms with Gasteiger partial charge in [0.25, 0.3) is 0 Å². The van der Waals surface area contributed by atoms with E-state index in [1.165, 1.54) is 0 Å². The Morgan fingerprint density at radius 1 is 1.30 bits per heavy atom. The van der Waals surface area contributed by atoms with Crippen LogP contribution in [0, 0.1) is 0 Å². The highest BCUT2D eigenvalue weighted by Gasteiger charge is 2.21. The number of aliphatic hydroxyl groups excluding tert-OH is 1. The fourth-order valence-electron chi connectivity index (χ4n) is 2.66. The Morgan fingerprint density at radius 3 is 2.80 bits per heavy atom. The number of carbonyl (C=O) groups excluding carboxylic acids is 1. The number of rotatable bonds is 2. The van der Waals surface area contributed by atoms with Crippen molar-refractivity contribution in [2.24, 2.45) is 0 Å². The van der Waals surface area contributed by atoms with Gasteiger partial charge in [-0.25, -0.2) is 0 Å². The fourth-order valence-corrected chi connectivity index (χ4v) is 2.82. The molecule has 0 spiro atoms. The predicted molar refractivity (Wildman–Crippen MR) is 78.8 cm³/mol. The molecule has 1 aliphatic rings. The molecule has 1 amide bonds. The Labute approximate surface area is 122 Å². The molecule has 1 fully saturated rings. The number of piperidine rings is 1. The van der Waals surface area contributed by atoms with E-state index in [-0.39, 0.29) is 12.0 Å². The largest absolute Gasteiger partial charge is 0.393 e. The molecule has 1 aromatic heterocycles. The second-order valence-corrected chi connectivity index (χ2v) is 5.70. The topological polar surface area (TPSA) is 45.5 Å². The van der Waals surface area contributed by atoms with Crippen LogP contribution in [0.3, 0.4) is 0 Å². The van der Waals surface area contributed by atoms with Gasteiger partial charge in [-0.2, -0.15) is 0 Å². The van der Waals surface area contributed by atoms with E-state index in [9.17, 15) is 9.90 Å². The van der Waals surface area contributed by atoms with Crippen molar-refractivity contribution in [2.45, 2.75) is 25.5 Å². The molecule has 0 radical (unpaired) electrons. The monoisotopic (exact) mass is 292 g/mol. The van der Waals surface area contributed by atoms with Crippen molar-refractivity contribution in [1.82, 2.24) is 9.47 Å². The Morgan fingerprint density at radius 2 is 2.05 bits per heavy atom. The third kappa shape index (κ3) is 2.67. The first-order valence-electron chi connectivity index (χ1n) is 6.84. The van der Waals surface area contributed by atoms with Gasteiger partial charge in [0, 0.05) is 29.8 Å². The van der Waals surface area contributed by atoms with Crippen molar-refractivity contribution in [3.05, 3.63) is 35.5 Å². The van der Waals surface area contributed by atoms with Gasteiger partial charge in [-0.05, 0) is 36.4 Å². The third-order valence-corrected chi connectivity index (χ3v) is 4.09. The molecule has 1 aromatic carbocycles. The summed E-state index contributed by atoms with van der Waals surface area (Å²) >= 11 is 6.01. The van der Waals surface area contributed by atoms with Crippen molar-refractivity contribution in [1.29, 1.82) is 0 Å². The Balaban J connectivity index is 1.76. The van der Waals surface area contributed by atoms with Crippen LogP contribution < -0.4 is 0 Å². The number of hydrogen-bond donors (Lipinski definition) is 1. The first-order chi connectivity index (χ1) is 9.63. The Kier molecular flexibility index (Phi) is 3.68. The number of benzene rings is 1. The zero-order valence-electron chi connectivity index (χ0n) is 11.1. The lowest BCUT2D eigenvalue weighted by Crippen LogP contribution is -2.41. The van der Waals surface area contributed by atoms with Gasteiger partial charge in [0.2, 0.25) is 5.91 Å². The SMILES string of the molecule is O=C(Cn1ccc2ccc(Cl)cc21)N1CCC(O)CC1. The summed E-state index contributed by atoms with van der Waals surface area (Å²) in [4.78, 5) is 14.1. The maximum Gasteiger partial charge on any atom is 0.242 e. The number of likely N-dealkylation sites (tertiary alicyclic amines) is 1. The van der Waals surface area contributed by atoms with Crippen LogP contribution in [0.5, 0.6) is 0 Å². The normalized spacial score (nSPS) is 16.8. The Bertz CT molecular complexity index is 630. The molecule has 3 rings (SSSR count). The molecule has 1 aliphatic heterocycles. The third-order valence-electron chi connectivity index (χ3n) is 3.86. The molecule has 0 unspecified atom stereocenters. The first-order valence-corrected chi connectivity index (χ1v) is 7.21. The summed E-state index contributed by atoms with van der Waals surface area (Å²) in [6, 6.07) is 7.67. The molecule has 0 atom stereocenters. The summed E-state index contributed by atoms with van der Waals surface area (Å²) in [5, 5.41) is 11.2. The van der Waals surface area contributed by atoms with Crippen molar-refractivity contribution >= 4 is 28.4 Å². The van der Waals surface area contributed by atoms with Crippen LogP contribution in [0.25, 0.3) is 10.9 Å². The number of amides is 1. The lowest BCUT2D eigenvalue weighted by Gasteiger charge is -2.29. The number of nitrogens with zero attached hydrogens (tertiary/aromatic N) is 2. The molecule has 2 aromatic rings. The van der Waals surface area contributed by atoms with Crippen LogP contribution in [0.4, 0.5) is 0 Å². The van der Waals surface area contributed by atoms with Crippen LogP contribution in [0.15, 0.2) is 30.5 Å². The molecule has 2 heterocycles. The summed E-state index contributed by atoms with van der Waals surface area (Å²) in [5.41, 5.74) is 0.975. The van der Waals surface area contributed by atoms with Crippen molar-refractivity contribution < 1.29 is 9.90 Å². The molecule has 0 aliphatic carbocycles. The van der Waals surface area contributed by atoms with E-state index in [4.69, 9.17) is 11.6 Å². The number of carbonyl (C=O) groups is 1. The minimum absolute atomic E-state index is 0.0920. The van der Waals surface area contributed by atoms with Gasteiger partial charge in [0.15, 0.2) is 0 Å². The fraction of sp³-hybridized carbons (Fsp3) is 0.400. The highest BCUT2D eigenvalue weighted by atomic mass is 35.5. The van der Waals surface area contributed by atoms with E-state index in [1.807, 2.05) is 39.9 Å². The molecule has 106 valence electrons. The van der Waals surface area contributed by atoms with E-state index >= 15 is 0 Å². The van der Waals surface area contributed by atoms with Crippen molar-refractivity contribution in [3.63, 3.8) is 0 Å². The summed E-state index contributed by atoms with van der Waals surface area (Å²) in [5.74, 6) is 0.0920. The minimum atomic E-state index is -0.259. The molecule has 5 heteroatoms. The second kappa shape index (κ2) is 5.46. The summed E-state index contributed by atoms with van der Waals surface area (Å²) in [6.45, 7) is 1.60. The van der Waals surface area contributed by atoms with Crippen LogP contribution in [-0.4, -0.2) is 39.7 Å². The van der Waals surface area contributed by atoms with Gasteiger partial charge in [-0.3, -0.25) is 4.79 Å². The average Bonchev–Trinajstić information content (AvgIpc) is 2.82. The molecule has 20 heavy (non-hydrogen) atoms. The molecular formula is C15H17ClN2O2. The van der Waals surface area contributed by atoms with Gasteiger partial charge >= 0.3 is 0 Å². The van der Waals surface area contributed by atoms with Crippen LogP contribution in [0.1, 0.15) is 12.8 Å². The lowest BCUT2D eigenvalue weighted by atomic mass is 10.1. The highest BCUT2D eigenvalue weighted by molar-refractivity contribution is 6.31. The number of aromatic nitrogens is 1. The summed E-state index contributed by atoms with van der Waals surface area (Å²) < 4.78 is 1.93. The summed E-state index contributed by atoms with van der Waals surface area (Å²) in [6.07, 6.45) is 3.00. The first kappa shape index (κ1) is 13.5. The minimum Gasteiger partial charge on any atom is -0.393 e. The summed E-state index contributed by atoms with van der Waals surface area (Å²) in [7, 11) is 0. The predicted octanol–water partition coefficient (Wildman–Crippen LogP) is 2.28. The van der Waals surface area contributed by atoms with E-state index in [1.54, 1.807) is 0 Å². The molecule has 1 saturated heterocycles. The second-order valence-electron chi connectivity index (χ2n) is 5.26. The van der Waals surface area contributed by atoms with Gasteiger partial charge < -0.3 is 14.6 Å². The number of halogens is 1. The van der Waals surface area contributed by atoms with Crippen LogP contribution >= 0.6 is 11.6 Å². The van der Waals surface area contributed by atoms with Crippen molar-refractivity contribution in [2.75, 3.05) is 13.1 Å². The maximum absolute atomic E-state index is 12.3. The van der Waals surface area contributed by atoms with E-state index < -0.39 is 0 Å².